The Bertz CT molecular complexity index is 845. The molecule has 0 bridgehead atoms. The molecule has 0 aliphatic heterocycles. The first-order valence-electron chi connectivity index (χ1n) is 7.24. The average Bonchev–Trinajstić information content (AvgIpc) is 2.84. The van der Waals surface area contributed by atoms with Crippen LogP contribution < -0.4 is 11.1 Å². The van der Waals surface area contributed by atoms with E-state index in [1.54, 1.807) is 12.1 Å². The third-order valence-corrected chi connectivity index (χ3v) is 4.24. The predicted molar refractivity (Wildman–Crippen MR) is 93.3 cm³/mol. The molecular formula is C15H17BrN6O. The van der Waals surface area contributed by atoms with E-state index in [2.05, 4.69) is 36.2 Å². The van der Waals surface area contributed by atoms with Crippen LogP contribution in [0.15, 0.2) is 29.0 Å². The standard InChI is InChI=1S/C15H17BrN6O/c1-3-22-13-11(19-14(22)16)12(17)20-15(21-13)18-8(2)9-4-6-10(23)7-5-9/h4-8,23H,3H2,1-2H3,(H3,17,18,20,21). The van der Waals surface area contributed by atoms with Gasteiger partial charge in [0.2, 0.25) is 5.95 Å². The molecule has 2 heterocycles. The van der Waals surface area contributed by atoms with Gasteiger partial charge in [-0.25, -0.2) is 4.98 Å². The van der Waals surface area contributed by atoms with Gasteiger partial charge in [0.05, 0.1) is 6.04 Å². The Hall–Kier alpha value is -2.35. The lowest BCUT2D eigenvalue weighted by Gasteiger charge is -2.14. The van der Waals surface area contributed by atoms with Gasteiger partial charge in [-0.05, 0) is 47.5 Å². The Balaban J connectivity index is 1.95. The van der Waals surface area contributed by atoms with Gasteiger partial charge in [-0.3, -0.25) is 0 Å². The number of aromatic hydroxyl groups is 1. The van der Waals surface area contributed by atoms with E-state index in [9.17, 15) is 5.11 Å². The van der Waals surface area contributed by atoms with Crippen LogP contribution in [-0.2, 0) is 6.54 Å². The number of fused-ring (bicyclic) bond motifs is 1. The number of aromatic nitrogens is 4. The highest BCUT2D eigenvalue weighted by molar-refractivity contribution is 9.10. The topological polar surface area (TPSA) is 102 Å². The van der Waals surface area contributed by atoms with Crippen molar-refractivity contribution in [1.82, 2.24) is 19.5 Å². The summed E-state index contributed by atoms with van der Waals surface area (Å²) >= 11 is 3.41. The fourth-order valence-electron chi connectivity index (χ4n) is 2.38. The molecule has 8 heteroatoms. The Morgan fingerprint density at radius 2 is 1.96 bits per heavy atom. The summed E-state index contributed by atoms with van der Waals surface area (Å²) in [7, 11) is 0. The fourth-order valence-corrected chi connectivity index (χ4v) is 2.98. The van der Waals surface area contributed by atoms with E-state index >= 15 is 0 Å². The van der Waals surface area contributed by atoms with Crippen LogP contribution in [0, 0.1) is 0 Å². The van der Waals surface area contributed by atoms with Crippen molar-refractivity contribution in [2.24, 2.45) is 0 Å². The first kappa shape index (κ1) is 15.5. The van der Waals surface area contributed by atoms with Gasteiger partial charge in [0.15, 0.2) is 21.7 Å². The molecule has 2 aromatic heterocycles. The Morgan fingerprint density at radius 1 is 1.26 bits per heavy atom. The van der Waals surface area contributed by atoms with E-state index in [0.29, 0.717) is 27.7 Å². The van der Waals surface area contributed by atoms with Crippen LogP contribution in [0.25, 0.3) is 11.2 Å². The highest BCUT2D eigenvalue weighted by atomic mass is 79.9. The Morgan fingerprint density at radius 3 is 2.61 bits per heavy atom. The van der Waals surface area contributed by atoms with Crippen molar-refractivity contribution in [3.8, 4) is 5.75 Å². The summed E-state index contributed by atoms with van der Waals surface area (Å²) < 4.78 is 2.60. The largest absolute Gasteiger partial charge is 0.508 e. The van der Waals surface area contributed by atoms with Crippen molar-refractivity contribution >= 4 is 38.9 Å². The summed E-state index contributed by atoms with van der Waals surface area (Å²) in [4.78, 5) is 13.2. The minimum Gasteiger partial charge on any atom is -0.508 e. The van der Waals surface area contributed by atoms with Gasteiger partial charge in [-0.2, -0.15) is 9.97 Å². The number of nitrogens with zero attached hydrogens (tertiary/aromatic N) is 4. The number of imidazole rings is 1. The van der Waals surface area contributed by atoms with Gasteiger partial charge in [0.25, 0.3) is 0 Å². The zero-order valence-corrected chi connectivity index (χ0v) is 14.4. The lowest BCUT2D eigenvalue weighted by Crippen LogP contribution is -2.11. The number of benzene rings is 1. The van der Waals surface area contributed by atoms with E-state index in [1.165, 1.54) is 0 Å². The van der Waals surface area contributed by atoms with E-state index in [4.69, 9.17) is 5.73 Å². The molecule has 1 unspecified atom stereocenters. The van der Waals surface area contributed by atoms with Crippen molar-refractivity contribution in [1.29, 1.82) is 0 Å². The number of aryl methyl sites for hydroxylation is 1. The summed E-state index contributed by atoms with van der Waals surface area (Å²) in [6, 6.07) is 6.96. The third kappa shape index (κ3) is 2.94. The van der Waals surface area contributed by atoms with Gasteiger partial charge in [0, 0.05) is 6.54 Å². The number of halogens is 1. The number of phenols is 1. The van der Waals surface area contributed by atoms with Crippen molar-refractivity contribution in [2.45, 2.75) is 26.4 Å². The minimum atomic E-state index is -0.0334. The van der Waals surface area contributed by atoms with Crippen LogP contribution in [0.1, 0.15) is 25.5 Å². The second-order valence-electron chi connectivity index (χ2n) is 5.19. The molecule has 0 aliphatic rings. The highest BCUT2D eigenvalue weighted by Gasteiger charge is 2.15. The lowest BCUT2D eigenvalue weighted by molar-refractivity contribution is 0.475. The molecule has 4 N–H and O–H groups in total. The van der Waals surface area contributed by atoms with E-state index in [1.807, 2.05) is 30.5 Å². The second-order valence-corrected chi connectivity index (χ2v) is 5.90. The molecule has 0 fully saturated rings. The van der Waals surface area contributed by atoms with Crippen molar-refractivity contribution in [3.05, 3.63) is 34.6 Å². The van der Waals surface area contributed by atoms with Crippen LogP contribution >= 0.6 is 15.9 Å². The van der Waals surface area contributed by atoms with Gasteiger partial charge in [-0.15, -0.1) is 0 Å². The van der Waals surface area contributed by atoms with Gasteiger partial charge in [0.1, 0.15) is 5.75 Å². The number of nitrogen functional groups attached to an aromatic ring is 1. The van der Waals surface area contributed by atoms with Crippen molar-refractivity contribution < 1.29 is 5.11 Å². The summed E-state index contributed by atoms with van der Waals surface area (Å²) in [5.41, 5.74) is 8.29. The van der Waals surface area contributed by atoms with Gasteiger partial charge in [-0.1, -0.05) is 12.1 Å². The van der Waals surface area contributed by atoms with Crippen LogP contribution in [0.5, 0.6) is 5.75 Å². The second kappa shape index (κ2) is 6.04. The summed E-state index contributed by atoms with van der Waals surface area (Å²) in [5, 5.41) is 12.6. The molecule has 0 amide bonds. The molecule has 0 spiro atoms. The van der Waals surface area contributed by atoms with E-state index in [-0.39, 0.29) is 11.8 Å². The maximum absolute atomic E-state index is 9.37. The van der Waals surface area contributed by atoms with Gasteiger partial charge < -0.3 is 20.7 Å². The van der Waals surface area contributed by atoms with Crippen LogP contribution in [0.3, 0.4) is 0 Å². The fraction of sp³-hybridized carbons (Fsp3) is 0.267. The smallest absolute Gasteiger partial charge is 0.227 e. The van der Waals surface area contributed by atoms with Gasteiger partial charge >= 0.3 is 0 Å². The Kier molecular flexibility index (Phi) is 4.08. The molecule has 7 nitrogen and oxygen atoms in total. The number of hydrogen-bond donors (Lipinski definition) is 3. The molecule has 1 aromatic carbocycles. The SMILES string of the molecule is CCn1c(Br)nc2c(N)nc(NC(C)c3ccc(O)cc3)nc21. The number of rotatable bonds is 4. The first-order chi connectivity index (χ1) is 11.0. The van der Waals surface area contributed by atoms with Crippen molar-refractivity contribution in [3.63, 3.8) is 0 Å². The van der Waals surface area contributed by atoms with Crippen LogP contribution in [0.4, 0.5) is 11.8 Å². The maximum atomic E-state index is 9.37. The summed E-state index contributed by atoms with van der Waals surface area (Å²) in [6.45, 7) is 4.72. The molecule has 0 saturated carbocycles. The average molecular weight is 377 g/mol. The number of hydrogen-bond acceptors (Lipinski definition) is 6. The van der Waals surface area contributed by atoms with Crippen LogP contribution in [-0.4, -0.2) is 24.6 Å². The zero-order chi connectivity index (χ0) is 16.6. The predicted octanol–water partition coefficient (Wildman–Crippen LogP) is 3.07. The number of anilines is 2. The van der Waals surface area contributed by atoms with E-state index < -0.39 is 0 Å². The number of nitrogens with two attached hydrogens (primary N) is 1. The zero-order valence-electron chi connectivity index (χ0n) is 12.8. The molecule has 120 valence electrons. The molecule has 0 saturated heterocycles. The molecular weight excluding hydrogens is 360 g/mol. The summed E-state index contributed by atoms with van der Waals surface area (Å²) in [5.74, 6) is 1.01. The monoisotopic (exact) mass is 376 g/mol. The number of nitrogens with one attached hydrogen (secondary N) is 1. The molecule has 23 heavy (non-hydrogen) atoms. The normalized spacial score (nSPS) is 12.5. The maximum Gasteiger partial charge on any atom is 0.227 e. The van der Waals surface area contributed by atoms with Crippen LogP contribution in [0.2, 0.25) is 0 Å². The lowest BCUT2D eigenvalue weighted by atomic mass is 10.1. The molecule has 0 aliphatic carbocycles. The molecule has 0 radical (unpaired) electrons. The molecule has 1 atom stereocenters. The minimum absolute atomic E-state index is 0.0334. The number of phenolic OH excluding ortho intramolecular Hbond substituents is 1. The first-order valence-corrected chi connectivity index (χ1v) is 8.03. The highest BCUT2D eigenvalue weighted by Crippen LogP contribution is 2.25. The molecule has 3 aromatic rings. The quantitative estimate of drug-likeness (QED) is 0.604. The Labute approximate surface area is 141 Å². The summed E-state index contributed by atoms with van der Waals surface area (Å²) in [6.07, 6.45) is 0. The third-order valence-electron chi connectivity index (χ3n) is 3.63. The molecule has 3 rings (SSSR count). The van der Waals surface area contributed by atoms with E-state index in [0.717, 1.165) is 12.1 Å². The van der Waals surface area contributed by atoms with Crippen molar-refractivity contribution in [2.75, 3.05) is 11.1 Å².